The number of hydrogen-bond donors (Lipinski definition) is 4. The van der Waals surface area contributed by atoms with Gasteiger partial charge in [0.05, 0.1) is 17.0 Å². The van der Waals surface area contributed by atoms with E-state index in [1.807, 2.05) is 25.9 Å². The van der Waals surface area contributed by atoms with Gasteiger partial charge < -0.3 is 21.1 Å². The smallest absolute Gasteiger partial charge is 0.274 e. The lowest BCUT2D eigenvalue weighted by molar-refractivity contribution is 0.0325. The lowest BCUT2D eigenvalue weighted by Crippen LogP contribution is -2.47. The van der Waals surface area contributed by atoms with Crippen molar-refractivity contribution in [3.63, 3.8) is 0 Å². The Bertz CT molecular complexity index is 439. The number of nitrogen functional groups attached to an aromatic ring is 1. The van der Waals surface area contributed by atoms with E-state index in [9.17, 15) is 9.90 Å². The maximum absolute atomic E-state index is 11.9. The number of H-pyrrole nitrogens is 1. The van der Waals surface area contributed by atoms with Crippen LogP contribution in [-0.4, -0.2) is 58.9 Å². The zero-order chi connectivity index (χ0) is 14.6. The van der Waals surface area contributed by atoms with Gasteiger partial charge in [-0.15, -0.1) is 0 Å². The number of amides is 1. The van der Waals surface area contributed by atoms with Crippen molar-refractivity contribution in [2.24, 2.45) is 0 Å². The largest absolute Gasteiger partial charge is 0.395 e. The standard InChI is InChI=1S/C12H23N5O2/c1-5-8-9(13)10(16-15-8)11(18)14-6-12(2,19)7-17(3)4/h19H,5-7,13H2,1-4H3,(H,14,18)(H,15,16). The molecule has 5 N–H and O–H groups in total. The number of aryl methyl sites for hydroxylation is 1. The van der Waals surface area contributed by atoms with Crippen molar-refractivity contribution in [3.8, 4) is 0 Å². The number of rotatable bonds is 6. The first-order chi connectivity index (χ1) is 8.76. The Morgan fingerprint density at radius 1 is 1.58 bits per heavy atom. The Morgan fingerprint density at radius 2 is 2.21 bits per heavy atom. The Balaban J connectivity index is 2.63. The molecule has 0 radical (unpaired) electrons. The van der Waals surface area contributed by atoms with E-state index in [4.69, 9.17) is 5.73 Å². The maximum Gasteiger partial charge on any atom is 0.274 e. The first kappa shape index (κ1) is 15.5. The summed E-state index contributed by atoms with van der Waals surface area (Å²) in [5.41, 5.74) is 6.09. The van der Waals surface area contributed by atoms with E-state index in [-0.39, 0.29) is 18.1 Å². The van der Waals surface area contributed by atoms with Gasteiger partial charge in [-0.05, 0) is 27.4 Å². The molecule has 19 heavy (non-hydrogen) atoms. The molecule has 0 fully saturated rings. The first-order valence-electron chi connectivity index (χ1n) is 6.25. The Kier molecular flexibility index (Phi) is 4.90. The molecule has 0 aromatic carbocycles. The molecule has 0 aliphatic carbocycles. The summed E-state index contributed by atoms with van der Waals surface area (Å²) in [5, 5.41) is 19.4. The van der Waals surface area contributed by atoms with E-state index in [0.717, 1.165) is 5.69 Å². The molecule has 7 heteroatoms. The second-order valence-corrected chi connectivity index (χ2v) is 5.24. The summed E-state index contributed by atoms with van der Waals surface area (Å²) in [6.07, 6.45) is 0.685. The van der Waals surface area contributed by atoms with E-state index >= 15 is 0 Å². The third kappa shape index (κ3) is 4.22. The van der Waals surface area contributed by atoms with Crippen LogP contribution in [0.1, 0.15) is 30.0 Å². The molecular weight excluding hydrogens is 246 g/mol. The van der Waals surface area contributed by atoms with E-state index in [1.54, 1.807) is 6.92 Å². The molecular formula is C12H23N5O2. The molecule has 1 aromatic rings. The third-order valence-electron chi connectivity index (χ3n) is 2.74. The second kappa shape index (κ2) is 6.03. The Morgan fingerprint density at radius 3 is 2.68 bits per heavy atom. The van der Waals surface area contributed by atoms with Gasteiger partial charge in [-0.3, -0.25) is 9.89 Å². The van der Waals surface area contributed by atoms with Crippen LogP contribution in [-0.2, 0) is 6.42 Å². The van der Waals surface area contributed by atoms with Gasteiger partial charge in [-0.2, -0.15) is 5.10 Å². The molecule has 108 valence electrons. The molecule has 0 spiro atoms. The number of hydrogen-bond acceptors (Lipinski definition) is 5. The number of anilines is 1. The van der Waals surface area contributed by atoms with Crippen LogP contribution in [0.25, 0.3) is 0 Å². The Labute approximate surface area is 113 Å². The van der Waals surface area contributed by atoms with Crippen LogP contribution in [0.15, 0.2) is 0 Å². The van der Waals surface area contributed by atoms with Crippen LogP contribution in [0.4, 0.5) is 5.69 Å². The molecule has 0 aliphatic heterocycles. The van der Waals surface area contributed by atoms with Crippen molar-refractivity contribution >= 4 is 11.6 Å². The van der Waals surface area contributed by atoms with E-state index in [1.165, 1.54) is 0 Å². The highest BCUT2D eigenvalue weighted by atomic mass is 16.3. The van der Waals surface area contributed by atoms with Crippen molar-refractivity contribution in [3.05, 3.63) is 11.4 Å². The summed E-state index contributed by atoms with van der Waals surface area (Å²) in [7, 11) is 3.71. The van der Waals surface area contributed by atoms with Crippen LogP contribution in [0.2, 0.25) is 0 Å². The molecule has 1 amide bonds. The summed E-state index contributed by atoms with van der Waals surface area (Å²) in [4.78, 5) is 13.8. The highest BCUT2D eigenvalue weighted by Crippen LogP contribution is 2.14. The van der Waals surface area contributed by atoms with Gasteiger partial charge in [0.25, 0.3) is 5.91 Å². The number of aliphatic hydroxyl groups is 1. The average molecular weight is 269 g/mol. The third-order valence-corrected chi connectivity index (χ3v) is 2.74. The second-order valence-electron chi connectivity index (χ2n) is 5.24. The van der Waals surface area contributed by atoms with Crippen molar-refractivity contribution < 1.29 is 9.90 Å². The molecule has 0 saturated carbocycles. The maximum atomic E-state index is 11.9. The topological polar surface area (TPSA) is 107 Å². The molecule has 1 unspecified atom stereocenters. The zero-order valence-electron chi connectivity index (χ0n) is 11.9. The number of nitrogens with two attached hydrogens (primary N) is 1. The van der Waals surface area contributed by atoms with E-state index in [2.05, 4.69) is 15.5 Å². The Hall–Kier alpha value is -1.60. The quantitative estimate of drug-likeness (QED) is 0.562. The molecule has 7 nitrogen and oxygen atoms in total. The minimum absolute atomic E-state index is 0.137. The van der Waals surface area contributed by atoms with Crippen LogP contribution >= 0.6 is 0 Å². The molecule has 0 saturated heterocycles. The highest BCUT2D eigenvalue weighted by Gasteiger charge is 2.24. The molecule has 1 rings (SSSR count). The molecule has 1 atom stereocenters. The molecule has 0 bridgehead atoms. The first-order valence-corrected chi connectivity index (χ1v) is 6.25. The minimum atomic E-state index is -1.00. The van der Waals surface area contributed by atoms with Crippen LogP contribution in [0.5, 0.6) is 0 Å². The molecule has 1 heterocycles. The van der Waals surface area contributed by atoms with Gasteiger partial charge in [-0.1, -0.05) is 6.92 Å². The van der Waals surface area contributed by atoms with Crippen molar-refractivity contribution in [2.75, 3.05) is 32.9 Å². The van der Waals surface area contributed by atoms with E-state index < -0.39 is 5.60 Å². The number of nitrogens with one attached hydrogen (secondary N) is 2. The highest BCUT2D eigenvalue weighted by molar-refractivity contribution is 5.97. The lowest BCUT2D eigenvalue weighted by atomic mass is 10.1. The SMILES string of the molecule is CCc1[nH]nc(C(=O)NCC(C)(O)CN(C)C)c1N. The summed E-state index contributed by atoms with van der Waals surface area (Å²) in [6.45, 7) is 4.17. The number of carbonyl (C=O) groups excluding carboxylic acids is 1. The average Bonchev–Trinajstić information content (AvgIpc) is 2.66. The summed E-state index contributed by atoms with van der Waals surface area (Å²) in [5.74, 6) is -0.382. The van der Waals surface area contributed by atoms with Crippen molar-refractivity contribution in [2.45, 2.75) is 25.9 Å². The van der Waals surface area contributed by atoms with Crippen LogP contribution in [0, 0.1) is 0 Å². The predicted octanol–water partition coefficient (Wildman–Crippen LogP) is -0.403. The monoisotopic (exact) mass is 269 g/mol. The fourth-order valence-electron chi connectivity index (χ4n) is 1.92. The van der Waals surface area contributed by atoms with Gasteiger partial charge >= 0.3 is 0 Å². The van der Waals surface area contributed by atoms with Gasteiger partial charge in [-0.25, -0.2) is 0 Å². The number of likely N-dealkylation sites (N-methyl/N-ethyl adjacent to an activating group) is 1. The van der Waals surface area contributed by atoms with E-state index in [0.29, 0.717) is 18.7 Å². The molecule has 1 aromatic heterocycles. The molecule has 0 aliphatic rings. The summed E-state index contributed by atoms with van der Waals surface area (Å²) < 4.78 is 0. The minimum Gasteiger partial charge on any atom is -0.395 e. The predicted molar refractivity (Wildman–Crippen MR) is 73.9 cm³/mol. The number of aromatic amines is 1. The number of carbonyl (C=O) groups is 1. The summed E-state index contributed by atoms with van der Waals surface area (Å²) >= 11 is 0. The van der Waals surface area contributed by atoms with Gasteiger partial charge in [0.1, 0.15) is 0 Å². The fraction of sp³-hybridized carbons (Fsp3) is 0.667. The van der Waals surface area contributed by atoms with Crippen molar-refractivity contribution in [1.82, 2.24) is 20.4 Å². The number of nitrogens with zero attached hydrogens (tertiary/aromatic N) is 2. The zero-order valence-corrected chi connectivity index (χ0v) is 11.9. The summed E-state index contributed by atoms with van der Waals surface area (Å²) in [6, 6.07) is 0. The van der Waals surface area contributed by atoms with Gasteiger partial charge in [0.2, 0.25) is 0 Å². The van der Waals surface area contributed by atoms with Crippen LogP contribution in [0.3, 0.4) is 0 Å². The van der Waals surface area contributed by atoms with Gasteiger partial charge in [0, 0.05) is 13.1 Å². The van der Waals surface area contributed by atoms with Gasteiger partial charge in [0.15, 0.2) is 5.69 Å². The number of aromatic nitrogens is 2. The van der Waals surface area contributed by atoms with Crippen LogP contribution < -0.4 is 11.1 Å². The van der Waals surface area contributed by atoms with Crippen molar-refractivity contribution in [1.29, 1.82) is 0 Å². The lowest BCUT2D eigenvalue weighted by Gasteiger charge is -2.26. The fourth-order valence-corrected chi connectivity index (χ4v) is 1.92. The normalized spacial score (nSPS) is 14.4.